The van der Waals surface area contributed by atoms with Crippen LogP contribution in [0.4, 0.5) is 0 Å². The first-order valence-electron chi connectivity index (χ1n) is 12.9. The third-order valence-corrected chi connectivity index (χ3v) is 8.21. The van der Waals surface area contributed by atoms with Gasteiger partial charge in [0, 0.05) is 18.2 Å². The van der Waals surface area contributed by atoms with Crippen molar-refractivity contribution in [2.24, 2.45) is 5.92 Å². The molecule has 1 aliphatic carbocycles. The first-order chi connectivity index (χ1) is 17.5. The number of hydrogen-bond donors (Lipinski definition) is 1. The lowest BCUT2D eigenvalue weighted by Gasteiger charge is -2.38. The van der Waals surface area contributed by atoms with Crippen molar-refractivity contribution in [1.29, 1.82) is 0 Å². The minimum atomic E-state index is -3.17. The van der Waals surface area contributed by atoms with Crippen LogP contribution in [0.25, 0.3) is 0 Å². The second-order valence-corrected chi connectivity index (χ2v) is 12.4. The molecule has 1 N–H and O–H groups in total. The summed E-state index contributed by atoms with van der Waals surface area (Å²) in [6.07, 6.45) is 5.98. The molecule has 0 heterocycles. The predicted molar refractivity (Wildman–Crippen MR) is 145 cm³/mol. The second-order valence-electron chi connectivity index (χ2n) is 10.2. The van der Waals surface area contributed by atoms with Crippen molar-refractivity contribution >= 4 is 21.7 Å². The molecule has 0 saturated heterocycles. The largest absolute Gasteiger partial charge is 0.493 e. The average molecular weight is 530 g/mol. The van der Waals surface area contributed by atoms with E-state index in [-0.39, 0.29) is 18.1 Å². The molecule has 1 saturated carbocycles. The molecule has 7 nitrogen and oxygen atoms in total. The van der Waals surface area contributed by atoms with Crippen molar-refractivity contribution in [3.8, 4) is 5.75 Å². The number of carbonyl (C=O) groups excluding carboxylic acids is 2. The van der Waals surface area contributed by atoms with E-state index in [1.54, 1.807) is 18.2 Å². The smallest absolute Gasteiger partial charge is 0.331 e. The molecular weight excluding hydrogens is 490 g/mol. The molecule has 202 valence electrons. The van der Waals surface area contributed by atoms with Gasteiger partial charge in [0.15, 0.2) is 0 Å². The highest BCUT2D eigenvalue weighted by molar-refractivity contribution is 7.90. The molecule has 8 heteroatoms. The highest BCUT2D eigenvalue weighted by atomic mass is 32.2. The molecule has 1 fully saturated rings. The molecule has 1 amide bonds. The Morgan fingerprint density at radius 2 is 1.81 bits per heavy atom. The van der Waals surface area contributed by atoms with Gasteiger partial charge in [0.1, 0.15) is 21.1 Å². The lowest BCUT2D eigenvalue weighted by atomic mass is 9.75. The molecule has 37 heavy (non-hydrogen) atoms. The van der Waals surface area contributed by atoms with Crippen LogP contribution in [0.5, 0.6) is 5.75 Å². The van der Waals surface area contributed by atoms with E-state index in [0.29, 0.717) is 43.1 Å². The van der Waals surface area contributed by atoms with Crippen molar-refractivity contribution in [2.45, 2.75) is 64.3 Å². The highest BCUT2D eigenvalue weighted by Crippen LogP contribution is 2.35. The Balaban J connectivity index is 1.80. The number of hydrogen-bond acceptors (Lipinski definition) is 6. The Morgan fingerprint density at radius 1 is 1.08 bits per heavy atom. The number of sulfone groups is 1. The number of benzene rings is 2. The summed E-state index contributed by atoms with van der Waals surface area (Å²) in [6, 6.07) is 13.2. The number of esters is 1. The molecule has 0 unspecified atom stereocenters. The summed E-state index contributed by atoms with van der Waals surface area (Å²) in [7, 11) is -1.82. The normalized spacial score (nSPS) is 19.7. The molecule has 0 bridgehead atoms. The number of amides is 1. The van der Waals surface area contributed by atoms with Crippen LogP contribution in [0, 0.1) is 12.8 Å². The second kappa shape index (κ2) is 12.6. The quantitative estimate of drug-likeness (QED) is 0.432. The van der Waals surface area contributed by atoms with Gasteiger partial charge in [-0.2, -0.15) is 0 Å². The maximum absolute atomic E-state index is 13.3. The summed E-state index contributed by atoms with van der Waals surface area (Å²) in [5.74, 6) is 0.202. The number of ether oxygens (including phenoxy) is 2. The van der Waals surface area contributed by atoms with Gasteiger partial charge in [0.05, 0.1) is 19.5 Å². The van der Waals surface area contributed by atoms with Gasteiger partial charge in [0.25, 0.3) is 5.91 Å². The fourth-order valence-electron chi connectivity index (χ4n) is 4.92. The predicted octanol–water partition coefficient (Wildman–Crippen LogP) is 4.45. The van der Waals surface area contributed by atoms with E-state index in [0.717, 1.165) is 36.0 Å². The number of carbonyl (C=O) groups is 2. The van der Waals surface area contributed by atoms with Gasteiger partial charge in [-0.05, 0) is 68.2 Å². The van der Waals surface area contributed by atoms with Gasteiger partial charge in [-0.15, -0.1) is 0 Å². The Kier molecular flexibility index (Phi) is 9.76. The fraction of sp³-hybridized carbons (Fsp3) is 0.517. The SMILES string of the molecule is CC[C@H]1CC[C@@](NC(=O)c2ccc(CCS(C)(=O)=O)c(OCCc3cccc(C)c3)c2)(C(=O)OC)CC1. The van der Waals surface area contributed by atoms with Gasteiger partial charge in [-0.1, -0.05) is 49.2 Å². The molecular formula is C29H39NO6S. The molecule has 3 rings (SSSR count). The highest BCUT2D eigenvalue weighted by Gasteiger charge is 2.44. The lowest BCUT2D eigenvalue weighted by Crippen LogP contribution is -2.56. The number of rotatable bonds is 11. The molecule has 0 radical (unpaired) electrons. The van der Waals surface area contributed by atoms with Crippen LogP contribution in [-0.4, -0.2) is 51.6 Å². The van der Waals surface area contributed by atoms with Crippen LogP contribution < -0.4 is 10.1 Å². The first-order valence-corrected chi connectivity index (χ1v) is 15.0. The number of nitrogens with one attached hydrogen (secondary N) is 1. The van der Waals surface area contributed by atoms with Crippen molar-refractivity contribution in [1.82, 2.24) is 5.32 Å². The van der Waals surface area contributed by atoms with Gasteiger partial charge in [-0.25, -0.2) is 13.2 Å². The third kappa shape index (κ3) is 8.06. The zero-order valence-corrected chi connectivity index (χ0v) is 23.2. The number of methoxy groups -OCH3 is 1. The van der Waals surface area contributed by atoms with E-state index in [1.165, 1.54) is 13.4 Å². The zero-order valence-electron chi connectivity index (χ0n) is 22.3. The van der Waals surface area contributed by atoms with Crippen LogP contribution >= 0.6 is 0 Å². The summed E-state index contributed by atoms with van der Waals surface area (Å²) in [5.41, 5.74) is 2.33. The monoisotopic (exact) mass is 529 g/mol. The minimum Gasteiger partial charge on any atom is -0.493 e. The van der Waals surface area contributed by atoms with E-state index in [9.17, 15) is 18.0 Å². The third-order valence-electron chi connectivity index (χ3n) is 7.27. The Bertz CT molecular complexity index is 1200. The summed E-state index contributed by atoms with van der Waals surface area (Å²) in [6.45, 7) is 4.55. The van der Waals surface area contributed by atoms with E-state index < -0.39 is 21.3 Å². The Hall–Kier alpha value is -2.87. The average Bonchev–Trinajstić information content (AvgIpc) is 2.87. The van der Waals surface area contributed by atoms with Crippen molar-refractivity contribution in [3.05, 3.63) is 64.7 Å². The van der Waals surface area contributed by atoms with Crippen LogP contribution in [0.1, 0.15) is 66.1 Å². The molecule has 0 aliphatic heterocycles. The van der Waals surface area contributed by atoms with Gasteiger partial charge < -0.3 is 14.8 Å². The van der Waals surface area contributed by atoms with Crippen LogP contribution in [0.2, 0.25) is 0 Å². The molecule has 1 aliphatic rings. The fourth-order valence-corrected chi connectivity index (χ4v) is 5.51. The topological polar surface area (TPSA) is 98.8 Å². The van der Waals surface area contributed by atoms with E-state index in [4.69, 9.17) is 9.47 Å². The minimum absolute atomic E-state index is 0.0170. The summed E-state index contributed by atoms with van der Waals surface area (Å²) in [5, 5.41) is 2.97. The maximum Gasteiger partial charge on any atom is 0.331 e. The summed E-state index contributed by atoms with van der Waals surface area (Å²) >= 11 is 0. The Morgan fingerprint density at radius 3 is 2.43 bits per heavy atom. The van der Waals surface area contributed by atoms with Crippen LogP contribution in [-0.2, 0) is 32.2 Å². The van der Waals surface area contributed by atoms with Crippen molar-refractivity contribution in [3.63, 3.8) is 0 Å². The van der Waals surface area contributed by atoms with E-state index in [1.807, 2.05) is 25.1 Å². The first kappa shape index (κ1) is 28.7. The molecule has 0 spiro atoms. The summed E-state index contributed by atoms with van der Waals surface area (Å²) < 4.78 is 34.7. The number of aryl methyl sites for hydroxylation is 2. The maximum atomic E-state index is 13.3. The molecule has 0 atom stereocenters. The molecule has 2 aromatic carbocycles. The van der Waals surface area contributed by atoms with Crippen LogP contribution in [0.15, 0.2) is 42.5 Å². The summed E-state index contributed by atoms with van der Waals surface area (Å²) in [4.78, 5) is 26.1. The standard InChI is InChI=1S/C29H39NO6S/c1-5-22-11-15-29(16-12-22,28(32)35-3)30-27(31)25-10-9-24(14-18-37(4,33)34)26(20-25)36-17-13-23-8-6-7-21(2)19-23/h6-10,19-20,22H,5,11-18H2,1-4H3,(H,30,31)/t22-,29-. The van der Waals surface area contributed by atoms with Gasteiger partial charge in [0.2, 0.25) is 0 Å². The van der Waals surface area contributed by atoms with Crippen LogP contribution in [0.3, 0.4) is 0 Å². The lowest BCUT2D eigenvalue weighted by molar-refractivity contribution is -0.150. The van der Waals surface area contributed by atoms with E-state index >= 15 is 0 Å². The Labute approximate surface area is 220 Å². The zero-order chi connectivity index (χ0) is 27.1. The van der Waals surface area contributed by atoms with Crippen molar-refractivity contribution < 1.29 is 27.5 Å². The van der Waals surface area contributed by atoms with E-state index in [2.05, 4.69) is 18.3 Å². The van der Waals surface area contributed by atoms with Crippen molar-refractivity contribution in [2.75, 3.05) is 25.7 Å². The molecule has 2 aromatic rings. The molecule has 0 aromatic heterocycles. The van der Waals surface area contributed by atoms with Gasteiger partial charge in [-0.3, -0.25) is 4.79 Å². The van der Waals surface area contributed by atoms with Gasteiger partial charge >= 0.3 is 5.97 Å².